The van der Waals surface area contributed by atoms with Crippen LogP contribution >= 0.6 is 22.9 Å². The van der Waals surface area contributed by atoms with Crippen LogP contribution < -0.4 is 10.1 Å². The molecule has 3 heterocycles. The van der Waals surface area contributed by atoms with E-state index in [1.807, 2.05) is 20.8 Å². The second-order valence-electron chi connectivity index (χ2n) is 13.8. The number of benzene rings is 1. The highest BCUT2D eigenvalue weighted by Gasteiger charge is 2.44. The number of halogens is 4. The summed E-state index contributed by atoms with van der Waals surface area (Å²) in [6, 6.07) is 5.81. The second-order valence-corrected chi connectivity index (χ2v) is 15.4. The molecule has 50 heavy (non-hydrogen) atoms. The zero-order valence-corrected chi connectivity index (χ0v) is 30.3. The van der Waals surface area contributed by atoms with Gasteiger partial charge in [0.1, 0.15) is 21.7 Å². The summed E-state index contributed by atoms with van der Waals surface area (Å²) in [5.74, 6) is -0.0969. The average molecular weight is 747 g/mol. The number of carbonyl (C=O) groups is 4. The summed E-state index contributed by atoms with van der Waals surface area (Å²) in [7, 11) is 0. The predicted molar refractivity (Wildman–Crippen MR) is 179 cm³/mol. The highest BCUT2D eigenvalue weighted by molar-refractivity contribution is 7.19. The number of carbonyl (C=O) groups excluding carboxylic acids is 4. The zero-order valence-electron chi connectivity index (χ0n) is 28.7. The minimum absolute atomic E-state index is 0.0237. The molecule has 1 aromatic heterocycles. The maximum absolute atomic E-state index is 14.2. The van der Waals surface area contributed by atoms with Crippen molar-refractivity contribution in [2.75, 3.05) is 51.2 Å². The summed E-state index contributed by atoms with van der Waals surface area (Å²) < 4.78 is 55.3. The first kappa shape index (κ1) is 39.0. The largest absolute Gasteiger partial charge is 0.513 e. The van der Waals surface area contributed by atoms with Crippen LogP contribution in [-0.4, -0.2) is 118 Å². The number of hydrogen-bond acceptors (Lipinski definition) is 10. The van der Waals surface area contributed by atoms with E-state index in [1.165, 1.54) is 14.7 Å². The van der Waals surface area contributed by atoms with E-state index in [0.29, 0.717) is 17.9 Å². The number of alkyl halides is 3. The molecule has 13 nitrogen and oxygen atoms in total. The number of para-hydroxylation sites is 1. The minimum atomic E-state index is -4.81. The first-order chi connectivity index (χ1) is 23.2. The third-order valence-electron chi connectivity index (χ3n) is 7.98. The van der Waals surface area contributed by atoms with Crippen molar-refractivity contribution in [3.8, 4) is 5.75 Å². The van der Waals surface area contributed by atoms with Crippen LogP contribution in [0.4, 0.5) is 32.7 Å². The Morgan fingerprint density at radius 1 is 0.960 bits per heavy atom. The number of rotatable bonds is 6. The molecule has 0 bridgehead atoms. The quantitative estimate of drug-likeness (QED) is 0.272. The van der Waals surface area contributed by atoms with Crippen LogP contribution in [0.5, 0.6) is 5.75 Å². The summed E-state index contributed by atoms with van der Waals surface area (Å²) in [6.07, 6.45) is -6.37. The van der Waals surface area contributed by atoms with E-state index in [2.05, 4.69) is 15.2 Å². The van der Waals surface area contributed by atoms with Gasteiger partial charge in [0.05, 0.1) is 12.6 Å². The zero-order chi connectivity index (χ0) is 37.0. The average Bonchev–Trinajstić information content (AvgIpc) is 3.39. The molecule has 2 atom stereocenters. The number of amides is 4. The van der Waals surface area contributed by atoms with Crippen LogP contribution in [0.1, 0.15) is 53.7 Å². The maximum Gasteiger partial charge on any atom is 0.513 e. The molecule has 0 spiro atoms. The van der Waals surface area contributed by atoms with Gasteiger partial charge in [-0.3, -0.25) is 19.9 Å². The van der Waals surface area contributed by atoms with Gasteiger partial charge in [0.25, 0.3) is 0 Å². The van der Waals surface area contributed by atoms with E-state index in [1.54, 1.807) is 51.1 Å². The first-order valence-electron chi connectivity index (χ1n) is 16.0. The first-order valence-corrected chi connectivity index (χ1v) is 17.2. The lowest BCUT2D eigenvalue weighted by Gasteiger charge is -2.48. The van der Waals surface area contributed by atoms with Crippen molar-refractivity contribution < 1.29 is 46.6 Å². The predicted octanol–water partition coefficient (Wildman–Crippen LogP) is 6.19. The van der Waals surface area contributed by atoms with Crippen molar-refractivity contribution in [1.29, 1.82) is 0 Å². The fraction of sp³-hybridized carbons (Fsp3) is 0.594. The Hall–Kier alpha value is -3.83. The van der Waals surface area contributed by atoms with Crippen LogP contribution in [0, 0.1) is 0 Å². The lowest BCUT2D eigenvalue weighted by Crippen LogP contribution is -2.66. The SMILES string of the molecule is CC(C)(C)OC(=O)N1CCN(C(C)(C)C)CC1C(=O)N1CCN(C(=O)Nc2nc(C(F)(F)F)c(Cl)s2)C(CCOC(=O)Oc2ccccc2)C1. The topological polar surface area (TPSA) is 134 Å². The van der Waals surface area contributed by atoms with Gasteiger partial charge in [0, 0.05) is 51.2 Å². The lowest BCUT2D eigenvalue weighted by molar-refractivity contribution is -0.143. The number of urea groups is 1. The van der Waals surface area contributed by atoms with E-state index in [-0.39, 0.29) is 68.1 Å². The molecule has 276 valence electrons. The maximum atomic E-state index is 14.2. The highest BCUT2D eigenvalue weighted by Crippen LogP contribution is 2.39. The molecule has 1 aromatic carbocycles. The molecular formula is C32H42ClF3N6O7S. The van der Waals surface area contributed by atoms with Gasteiger partial charge in [0.15, 0.2) is 10.8 Å². The van der Waals surface area contributed by atoms with E-state index < -0.39 is 52.2 Å². The molecule has 0 saturated carbocycles. The van der Waals surface area contributed by atoms with E-state index in [4.69, 9.17) is 25.8 Å². The summed E-state index contributed by atoms with van der Waals surface area (Å²) in [4.78, 5) is 63.2. The Balaban J connectivity index is 1.53. The normalized spacial score (nSPS) is 19.2. The summed E-state index contributed by atoms with van der Waals surface area (Å²) in [6.45, 7) is 12.1. The summed E-state index contributed by atoms with van der Waals surface area (Å²) >= 11 is 6.21. The smallest absolute Gasteiger partial charge is 0.444 e. The van der Waals surface area contributed by atoms with Crippen molar-refractivity contribution in [2.45, 2.75) is 77.4 Å². The Labute approximate surface area is 297 Å². The van der Waals surface area contributed by atoms with Crippen molar-refractivity contribution in [1.82, 2.24) is 24.6 Å². The highest BCUT2D eigenvalue weighted by atomic mass is 35.5. The molecule has 2 unspecified atom stereocenters. The van der Waals surface area contributed by atoms with Crippen LogP contribution in [0.15, 0.2) is 30.3 Å². The number of ether oxygens (including phenoxy) is 3. The molecule has 0 radical (unpaired) electrons. The standard InChI is InChI=1S/C32H42ClF3N6O7S/c1-30(2,3)40-14-16-42(28(45)49-31(4,5)6)22(19-40)25(43)39-13-15-41(27(44)38-26-37-23(24(33)50-26)32(34,35)36)20(18-39)12-17-47-29(46)48-21-10-8-7-9-11-21/h7-11,20,22H,12-19H2,1-6H3,(H,37,38,44). The van der Waals surface area contributed by atoms with Gasteiger partial charge in [-0.25, -0.2) is 19.4 Å². The van der Waals surface area contributed by atoms with Crippen molar-refractivity contribution in [3.63, 3.8) is 0 Å². The van der Waals surface area contributed by atoms with Crippen molar-refractivity contribution in [2.24, 2.45) is 0 Å². The number of nitrogens with zero attached hydrogens (tertiary/aromatic N) is 5. The van der Waals surface area contributed by atoms with E-state index in [0.717, 1.165) is 0 Å². The van der Waals surface area contributed by atoms with Crippen LogP contribution in [0.25, 0.3) is 0 Å². The van der Waals surface area contributed by atoms with Crippen molar-refractivity contribution in [3.05, 3.63) is 40.4 Å². The molecule has 4 rings (SSSR count). The van der Waals surface area contributed by atoms with Crippen LogP contribution in [0.3, 0.4) is 0 Å². The minimum Gasteiger partial charge on any atom is -0.444 e. The molecule has 0 aliphatic carbocycles. The third-order valence-corrected chi connectivity index (χ3v) is 9.15. The van der Waals surface area contributed by atoms with Gasteiger partial charge >= 0.3 is 24.5 Å². The Morgan fingerprint density at radius 2 is 1.62 bits per heavy atom. The molecule has 2 saturated heterocycles. The van der Waals surface area contributed by atoms with Gasteiger partial charge in [-0.15, -0.1) is 0 Å². The Kier molecular flexibility index (Phi) is 12.2. The van der Waals surface area contributed by atoms with E-state index in [9.17, 15) is 32.3 Å². The molecule has 2 aromatic rings. The van der Waals surface area contributed by atoms with E-state index >= 15 is 0 Å². The van der Waals surface area contributed by atoms with Gasteiger partial charge < -0.3 is 24.0 Å². The number of aromatic nitrogens is 1. The van der Waals surface area contributed by atoms with Crippen molar-refractivity contribution >= 4 is 52.3 Å². The number of thiazole rings is 1. The Bertz CT molecular complexity index is 1530. The number of hydrogen-bond donors (Lipinski definition) is 1. The molecular weight excluding hydrogens is 705 g/mol. The molecule has 18 heteroatoms. The lowest BCUT2D eigenvalue weighted by atomic mass is 10.0. The van der Waals surface area contributed by atoms with Gasteiger partial charge in [-0.1, -0.05) is 41.1 Å². The molecule has 1 N–H and O–H groups in total. The molecule has 2 aliphatic heterocycles. The molecule has 2 aliphatic rings. The molecule has 2 fully saturated rings. The summed E-state index contributed by atoms with van der Waals surface area (Å²) in [5, 5.41) is 2.02. The Morgan fingerprint density at radius 3 is 2.22 bits per heavy atom. The van der Waals surface area contributed by atoms with Gasteiger partial charge in [-0.2, -0.15) is 13.2 Å². The number of piperazine rings is 2. The molecule has 4 amide bonds. The second kappa shape index (κ2) is 15.6. The van der Waals surface area contributed by atoms with Gasteiger partial charge in [0.2, 0.25) is 5.91 Å². The third kappa shape index (κ3) is 10.4. The fourth-order valence-electron chi connectivity index (χ4n) is 5.51. The number of anilines is 1. The summed E-state index contributed by atoms with van der Waals surface area (Å²) in [5.41, 5.74) is -2.41. The van der Waals surface area contributed by atoms with Crippen LogP contribution in [0.2, 0.25) is 4.34 Å². The van der Waals surface area contributed by atoms with Crippen LogP contribution in [-0.2, 0) is 20.4 Å². The van der Waals surface area contributed by atoms with Gasteiger partial charge in [-0.05, 0) is 53.7 Å². The number of nitrogens with one attached hydrogen (secondary N) is 1. The monoisotopic (exact) mass is 746 g/mol. The fourth-order valence-corrected chi connectivity index (χ4v) is 6.58.